The number of hydrogen-bond donors (Lipinski definition) is 5. The third kappa shape index (κ3) is 6.01. The fourth-order valence-corrected chi connectivity index (χ4v) is 4.94. The van der Waals surface area contributed by atoms with E-state index in [9.17, 15) is 23.2 Å². The van der Waals surface area contributed by atoms with Crippen LogP contribution in [0.5, 0.6) is 5.75 Å². The molecule has 6 N–H and O–H groups in total. The van der Waals surface area contributed by atoms with Crippen molar-refractivity contribution in [3.63, 3.8) is 0 Å². The van der Waals surface area contributed by atoms with E-state index in [2.05, 4.69) is 25.9 Å². The van der Waals surface area contributed by atoms with Gasteiger partial charge >= 0.3 is 12.0 Å². The van der Waals surface area contributed by atoms with Crippen molar-refractivity contribution in [3.05, 3.63) is 59.0 Å². The molecule has 15 heteroatoms. The lowest BCUT2D eigenvalue weighted by atomic mass is 10.1. The summed E-state index contributed by atoms with van der Waals surface area (Å²) >= 11 is 2.08. The second-order valence-electron chi connectivity index (χ2n) is 7.47. The van der Waals surface area contributed by atoms with E-state index in [0.29, 0.717) is 21.7 Å². The summed E-state index contributed by atoms with van der Waals surface area (Å²) in [5.74, 6) is -3.23. The number of urea groups is 1. The lowest BCUT2D eigenvalue weighted by molar-refractivity contribution is -0.135. The van der Waals surface area contributed by atoms with Gasteiger partial charge in [-0.25, -0.2) is 23.5 Å². The van der Waals surface area contributed by atoms with Crippen LogP contribution in [0.1, 0.15) is 10.4 Å². The van der Waals surface area contributed by atoms with E-state index in [-0.39, 0.29) is 33.5 Å². The monoisotopic (exact) mass is 560 g/mol. The number of nitrogens with zero attached hydrogens (tertiary/aromatic N) is 2. The smallest absolute Gasteiger partial charge is 0.323 e. The Balaban J connectivity index is 1.56. The molecule has 0 unspecified atom stereocenters. The fourth-order valence-electron chi connectivity index (χ4n) is 3.14. The summed E-state index contributed by atoms with van der Waals surface area (Å²) in [6.45, 7) is -0.583. The number of carboxylic acid groups (broad SMARTS) is 1. The topological polar surface area (TPSA) is 169 Å². The van der Waals surface area contributed by atoms with Gasteiger partial charge in [-0.15, -0.1) is 11.3 Å². The van der Waals surface area contributed by atoms with Gasteiger partial charge in [-0.2, -0.15) is 0 Å². The summed E-state index contributed by atoms with van der Waals surface area (Å²) in [4.78, 5) is 43.7. The Kier molecular flexibility index (Phi) is 7.78. The summed E-state index contributed by atoms with van der Waals surface area (Å²) in [7, 11) is 1.45. The Morgan fingerprint density at radius 1 is 1.11 bits per heavy atom. The Morgan fingerprint density at radius 3 is 2.63 bits per heavy atom. The predicted molar refractivity (Wildman–Crippen MR) is 139 cm³/mol. The van der Waals surface area contributed by atoms with Gasteiger partial charge in [0.2, 0.25) is 0 Å². The standard InChI is InChI=1S/C23H18F2N6O5S2/c1-36-11-4-2-3-10(5-11)20(34)28-15-6-12(13(24)7-14(15)25)16-9-37-21(29-16)18-19(26)30-23(38-18)31-22(35)27-8-17(32)33/h2-7,9H,8,26H2,1H3,(H,28,34)(H,32,33)(H2,27,30,31,35). The first kappa shape index (κ1) is 26.4. The summed E-state index contributed by atoms with van der Waals surface area (Å²) in [5, 5.41) is 17.5. The third-order valence-corrected chi connectivity index (χ3v) is 6.87. The number of halogens is 2. The molecule has 0 saturated carbocycles. The molecule has 0 radical (unpaired) electrons. The minimum Gasteiger partial charge on any atom is -0.497 e. The van der Waals surface area contributed by atoms with Gasteiger partial charge in [0.15, 0.2) is 5.13 Å². The molecule has 4 rings (SSSR count). The van der Waals surface area contributed by atoms with Crippen LogP contribution in [0, 0.1) is 11.6 Å². The number of ether oxygens (including phenoxy) is 1. The van der Waals surface area contributed by atoms with Crippen molar-refractivity contribution in [2.75, 3.05) is 30.0 Å². The van der Waals surface area contributed by atoms with Crippen LogP contribution in [-0.4, -0.2) is 46.6 Å². The van der Waals surface area contributed by atoms with Crippen LogP contribution in [0.2, 0.25) is 0 Å². The molecule has 0 atom stereocenters. The molecule has 38 heavy (non-hydrogen) atoms. The highest BCUT2D eigenvalue weighted by molar-refractivity contribution is 7.23. The molecule has 0 spiro atoms. The number of anilines is 3. The van der Waals surface area contributed by atoms with E-state index in [1.54, 1.807) is 12.1 Å². The first-order valence-corrected chi connectivity index (χ1v) is 12.3. The van der Waals surface area contributed by atoms with E-state index >= 15 is 0 Å². The number of thiazole rings is 2. The Bertz CT molecular complexity index is 1540. The second-order valence-corrected chi connectivity index (χ2v) is 9.33. The molecule has 0 bridgehead atoms. The van der Waals surface area contributed by atoms with Crippen LogP contribution >= 0.6 is 22.7 Å². The Hall–Kier alpha value is -4.63. The summed E-state index contributed by atoms with van der Waals surface area (Å²) in [5.41, 5.74) is 6.00. The van der Waals surface area contributed by atoms with E-state index in [1.807, 2.05) is 0 Å². The molecule has 0 saturated heterocycles. The van der Waals surface area contributed by atoms with Crippen molar-refractivity contribution < 1.29 is 33.0 Å². The van der Waals surface area contributed by atoms with Crippen LogP contribution in [0.4, 0.5) is 30.2 Å². The van der Waals surface area contributed by atoms with Crippen molar-refractivity contribution in [3.8, 4) is 26.9 Å². The molecule has 2 aromatic heterocycles. The zero-order valence-corrected chi connectivity index (χ0v) is 21.0. The first-order valence-electron chi connectivity index (χ1n) is 10.6. The first-order chi connectivity index (χ1) is 18.1. The van der Waals surface area contributed by atoms with Crippen LogP contribution in [0.3, 0.4) is 0 Å². The molecular weight excluding hydrogens is 542 g/mol. The molecule has 2 aromatic carbocycles. The number of carboxylic acids is 1. The van der Waals surface area contributed by atoms with Crippen LogP contribution < -0.4 is 26.4 Å². The van der Waals surface area contributed by atoms with Crippen molar-refractivity contribution in [1.82, 2.24) is 15.3 Å². The maximum atomic E-state index is 14.7. The molecular formula is C23H18F2N6O5S2. The van der Waals surface area contributed by atoms with Crippen LogP contribution in [0.15, 0.2) is 41.8 Å². The molecule has 3 amide bonds. The molecule has 0 aliphatic heterocycles. The number of nitrogens with one attached hydrogen (secondary N) is 3. The number of hydrogen-bond acceptors (Lipinski definition) is 9. The fraction of sp³-hybridized carbons (Fsp3) is 0.0870. The minimum absolute atomic E-state index is 0.0373. The Morgan fingerprint density at radius 2 is 1.89 bits per heavy atom. The van der Waals surface area contributed by atoms with Crippen molar-refractivity contribution in [2.45, 2.75) is 0 Å². The zero-order valence-electron chi connectivity index (χ0n) is 19.4. The second kappa shape index (κ2) is 11.2. The van der Waals surface area contributed by atoms with Gasteiger partial charge in [0.25, 0.3) is 5.91 Å². The van der Waals surface area contributed by atoms with E-state index in [0.717, 1.165) is 28.7 Å². The van der Waals surface area contributed by atoms with Crippen molar-refractivity contribution in [2.24, 2.45) is 0 Å². The molecule has 196 valence electrons. The average molecular weight is 561 g/mol. The van der Waals surface area contributed by atoms with Gasteiger partial charge < -0.3 is 26.2 Å². The van der Waals surface area contributed by atoms with Gasteiger partial charge in [0.05, 0.1) is 18.5 Å². The van der Waals surface area contributed by atoms with E-state index < -0.39 is 36.1 Å². The van der Waals surface area contributed by atoms with Crippen LogP contribution in [-0.2, 0) is 4.79 Å². The van der Waals surface area contributed by atoms with Gasteiger partial charge in [-0.3, -0.25) is 14.9 Å². The van der Waals surface area contributed by atoms with E-state index in [1.165, 1.54) is 24.6 Å². The number of rotatable bonds is 8. The highest BCUT2D eigenvalue weighted by Gasteiger charge is 2.20. The summed E-state index contributed by atoms with van der Waals surface area (Å²) in [6, 6.07) is 7.24. The average Bonchev–Trinajstić information content (AvgIpc) is 3.50. The van der Waals surface area contributed by atoms with Crippen LogP contribution in [0.25, 0.3) is 21.1 Å². The number of methoxy groups -OCH3 is 1. The number of aliphatic carboxylic acids is 1. The zero-order chi connectivity index (χ0) is 27.4. The summed E-state index contributed by atoms with van der Waals surface area (Å²) < 4.78 is 34.3. The molecule has 4 aromatic rings. The predicted octanol–water partition coefficient (Wildman–Crippen LogP) is 4.26. The van der Waals surface area contributed by atoms with E-state index in [4.69, 9.17) is 15.6 Å². The molecule has 0 fully saturated rings. The van der Waals surface area contributed by atoms with Crippen molar-refractivity contribution >= 4 is 57.2 Å². The maximum absolute atomic E-state index is 14.7. The third-order valence-electron chi connectivity index (χ3n) is 4.89. The number of carbonyl (C=O) groups is 3. The lowest BCUT2D eigenvalue weighted by Gasteiger charge is -2.10. The number of nitrogen functional groups attached to an aromatic ring is 1. The molecule has 0 aliphatic rings. The minimum atomic E-state index is -1.22. The van der Waals surface area contributed by atoms with Gasteiger partial charge in [-0.1, -0.05) is 17.4 Å². The maximum Gasteiger partial charge on any atom is 0.323 e. The SMILES string of the molecule is COc1cccc(C(=O)Nc2cc(-c3csc(-c4sc(NC(=O)NCC(=O)O)nc4N)n3)c(F)cc2F)c1. The normalized spacial score (nSPS) is 10.6. The number of benzene rings is 2. The Labute approximate surface area is 221 Å². The highest BCUT2D eigenvalue weighted by atomic mass is 32.1. The van der Waals surface area contributed by atoms with Gasteiger partial charge in [0.1, 0.15) is 39.6 Å². The summed E-state index contributed by atoms with van der Waals surface area (Å²) in [6.07, 6.45) is 0. The number of carbonyl (C=O) groups excluding carboxylic acids is 2. The highest BCUT2D eigenvalue weighted by Crippen LogP contribution is 2.39. The lowest BCUT2D eigenvalue weighted by Crippen LogP contribution is -2.33. The molecule has 2 heterocycles. The largest absolute Gasteiger partial charge is 0.497 e. The molecule has 0 aliphatic carbocycles. The van der Waals surface area contributed by atoms with Crippen molar-refractivity contribution in [1.29, 1.82) is 0 Å². The quantitative estimate of drug-likeness (QED) is 0.213. The van der Waals surface area contributed by atoms with Gasteiger partial charge in [-0.05, 0) is 24.3 Å². The number of aromatic nitrogens is 2. The molecule has 11 nitrogen and oxygen atoms in total. The number of amides is 3. The number of nitrogens with two attached hydrogens (primary N) is 1. The van der Waals surface area contributed by atoms with Gasteiger partial charge in [0, 0.05) is 22.6 Å².